The molecule has 0 fully saturated rings. The fourth-order valence-electron chi connectivity index (χ4n) is 2.84. The van der Waals surface area contributed by atoms with Gasteiger partial charge in [-0.1, -0.05) is 23.7 Å². The molecule has 4 N–H and O–H groups in total. The lowest BCUT2D eigenvalue weighted by molar-refractivity contribution is 0.0912. The Kier molecular flexibility index (Phi) is 4.57. The lowest BCUT2D eigenvalue weighted by Crippen LogP contribution is -2.31. The summed E-state index contributed by atoms with van der Waals surface area (Å²) in [7, 11) is 0. The Balaban J connectivity index is 1.57. The van der Waals surface area contributed by atoms with E-state index in [0.29, 0.717) is 27.6 Å². The minimum atomic E-state index is -0.568. The average Bonchev–Trinajstić information content (AvgIpc) is 3.35. The maximum atomic E-state index is 12.6. The molecule has 0 aliphatic rings. The number of aromatic nitrogens is 5. The molecule has 8 nitrogen and oxygen atoms in total. The van der Waals surface area contributed by atoms with Gasteiger partial charge in [-0.3, -0.25) is 4.79 Å². The van der Waals surface area contributed by atoms with E-state index in [1.54, 1.807) is 42.9 Å². The fraction of sp³-hybridized carbons (Fsp3) is 0.111. The van der Waals surface area contributed by atoms with Gasteiger partial charge in [0.2, 0.25) is 0 Å². The second kappa shape index (κ2) is 7.18. The maximum Gasteiger partial charge on any atom is 0.268 e. The number of halogens is 1. The van der Waals surface area contributed by atoms with Crippen molar-refractivity contribution < 1.29 is 9.90 Å². The number of hydrogen-bond acceptors (Lipinski definition) is 5. The quantitative estimate of drug-likeness (QED) is 0.422. The molecule has 1 amide bonds. The van der Waals surface area contributed by atoms with E-state index in [2.05, 4.69) is 30.2 Å². The van der Waals surface area contributed by atoms with Gasteiger partial charge >= 0.3 is 0 Å². The highest BCUT2D eigenvalue weighted by Crippen LogP contribution is 2.24. The molecule has 1 atom stereocenters. The summed E-state index contributed by atoms with van der Waals surface area (Å²) >= 11 is 5.99. The number of hydrogen-bond donors (Lipinski definition) is 4. The van der Waals surface area contributed by atoms with Crippen LogP contribution in [-0.4, -0.2) is 42.5 Å². The number of amides is 1. The Labute approximate surface area is 158 Å². The highest BCUT2D eigenvalue weighted by Gasteiger charge is 2.18. The summed E-state index contributed by atoms with van der Waals surface area (Å²) in [5.74, 6) is -0.352. The molecule has 0 spiro atoms. The number of carbonyl (C=O) groups is 1. The van der Waals surface area contributed by atoms with E-state index in [4.69, 9.17) is 11.6 Å². The van der Waals surface area contributed by atoms with Crippen molar-refractivity contribution in [2.75, 3.05) is 6.61 Å². The van der Waals surface area contributed by atoms with Gasteiger partial charge in [0.1, 0.15) is 23.2 Å². The molecule has 0 bridgehead atoms. The van der Waals surface area contributed by atoms with Crippen molar-refractivity contribution in [3.05, 3.63) is 65.5 Å². The lowest BCUT2D eigenvalue weighted by atomic mass is 10.1. The van der Waals surface area contributed by atoms with Crippen molar-refractivity contribution in [1.82, 2.24) is 30.2 Å². The number of imidazole rings is 1. The maximum absolute atomic E-state index is 12.6. The van der Waals surface area contributed by atoms with E-state index >= 15 is 0 Å². The van der Waals surface area contributed by atoms with Gasteiger partial charge in [0, 0.05) is 16.8 Å². The van der Waals surface area contributed by atoms with Crippen LogP contribution in [0.3, 0.4) is 0 Å². The van der Waals surface area contributed by atoms with E-state index in [0.717, 1.165) is 11.1 Å². The predicted octanol–water partition coefficient (Wildman–Crippen LogP) is 2.46. The molecule has 0 radical (unpaired) electrons. The molecule has 4 rings (SSSR count). The molecule has 0 saturated heterocycles. The van der Waals surface area contributed by atoms with Gasteiger partial charge in [0.25, 0.3) is 5.91 Å². The molecular formula is C18H15ClN6O2. The molecule has 0 aliphatic heterocycles. The number of fused-ring (bicyclic) bond motifs is 1. The highest BCUT2D eigenvalue weighted by molar-refractivity contribution is 6.30. The first-order valence-electron chi connectivity index (χ1n) is 8.16. The van der Waals surface area contributed by atoms with Crippen LogP contribution >= 0.6 is 11.6 Å². The third kappa shape index (κ3) is 3.40. The molecular weight excluding hydrogens is 368 g/mol. The van der Waals surface area contributed by atoms with Crippen molar-refractivity contribution in [2.45, 2.75) is 6.04 Å². The third-order valence-electron chi connectivity index (χ3n) is 4.16. The van der Waals surface area contributed by atoms with Crippen LogP contribution in [0.2, 0.25) is 5.02 Å². The van der Waals surface area contributed by atoms with Crippen LogP contribution < -0.4 is 5.32 Å². The Morgan fingerprint density at radius 3 is 2.93 bits per heavy atom. The van der Waals surface area contributed by atoms with Gasteiger partial charge in [0.15, 0.2) is 5.65 Å². The van der Waals surface area contributed by atoms with Crippen LogP contribution in [0.15, 0.2) is 49.2 Å². The van der Waals surface area contributed by atoms with Gasteiger partial charge in [-0.2, -0.15) is 0 Å². The second-order valence-electron chi connectivity index (χ2n) is 5.89. The summed E-state index contributed by atoms with van der Waals surface area (Å²) in [5, 5.41) is 13.0. The second-order valence-corrected chi connectivity index (χ2v) is 6.33. The minimum absolute atomic E-state index is 0.250. The molecule has 136 valence electrons. The number of nitrogens with one attached hydrogen (secondary N) is 3. The summed E-state index contributed by atoms with van der Waals surface area (Å²) in [4.78, 5) is 31.0. The summed E-state index contributed by atoms with van der Waals surface area (Å²) in [6.07, 6.45) is 4.65. The standard InChI is InChI=1S/C18H15ClN6O2/c19-12-3-1-2-10(4-12)14(7-26)25-18(27)13-5-11(6-20-13)15-16-17(23-8-21-15)24-9-22-16/h1-6,8-9,14,20,26H,7H2,(H,25,27)(H,21,22,23,24)/t14-/m0/s1. The SMILES string of the molecule is O=C(N[C@@H](CO)c1cccc(Cl)c1)c1cc(-c2ncnc3nc[nH]c23)c[nH]1. The minimum Gasteiger partial charge on any atom is -0.394 e. The first-order chi connectivity index (χ1) is 13.2. The predicted molar refractivity (Wildman–Crippen MR) is 100 cm³/mol. The number of aliphatic hydroxyl groups is 1. The summed E-state index contributed by atoms with van der Waals surface area (Å²) < 4.78 is 0. The number of benzene rings is 1. The number of carbonyl (C=O) groups excluding carboxylic acids is 1. The topological polar surface area (TPSA) is 120 Å². The van der Waals surface area contributed by atoms with Gasteiger partial charge in [-0.15, -0.1) is 0 Å². The fourth-order valence-corrected chi connectivity index (χ4v) is 3.04. The van der Waals surface area contributed by atoms with E-state index in [1.807, 2.05) is 0 Å². The van der Waals surface area contributed by atoms with Crippen molar-refractivity contribution in [2.24, 2.45) is 0 Å². The van der Waals surface area contributed by atoms with Gasteiger partial charge < -0.3 is 20.4 Å². The van der Waals surface area contributed by atoms with Gasteiger partial charge in [-0.25, -0.2) is 15.0 Å². The van der Waals surface area contributed by atoms with Crippen molar-refractivity contribution in [3.8, 4) is 11.3 Å². The van der Waals surface area contributed by atoms with E-state index < -0.39 is 6.04 Å². The van der Waals surface area contributed by atoms with Crippen LogP contribution in [0.25, 0.3) is 22.4 Å². The zero-order valence-corrected chi connectivity index (χ0v) is 14.7. The zero-order chi connectivity index (χ0) is 18.8. The van der Waals surface area contributed by atoms with E-state index in [1.165, 1.54) is 6.33 Å². The van der Waals surface area contributed by atoms with Gasteiger partial charge in [-0.05, 0) is 23.8 Å². The molecule has 3 aromatic heterocycles. The highest BCUT2D eigenvalue weighted by atomic mass is 35.5. The first-order valence-corrected chi connectivity index (χ1v) is 8.53. The molecule has 27 heavy (non-hydrogen) atoms. The molecule has 4 aromatic rings. The van der Waals surface area contributed by atoms with Crippen LogP contribution in [-0.2, 0) is 0 Å². The molecule has 0 unspecified atom stereocenters. The van der Waals surface area contributed by atoms with Crippen LogP contribution in [0.5, 0.6) is 0 Å². The van der Waals surface area contributed by atoms with Crippen molar-refractivity contribution in [3.63, 3.8) is 0 Å². The number of aliphatic hydroxyl groups excluding tert-OH is 1. The Morgan fingerprint density at radius 1 is 1.22 bits per heavy atom. The molecule has 9 heteroatoms. The summed E-state index contributed by atoms with van der Waals surface area (Å²) in [6.45, 7) is -0.250. The third-order valence-corrected chi connectivity index (χ3v) is 4.40. The Bertz CT molecular complexity index is 1110. The number of nitrogens with zero attached hydrogens (tertiary/aromatic N) is 3. The lowest BCUT2D eigenvalue weighted by Gasteiger charge is -2.16. The van der Waals surface area contributed by atoms with Crippen molar-refractivity contribution >= 4 is 28.7 Å². The molecule has 0 aliphatic carbocycles. The zero-order valence-electron chi connectivity index (χ0n) is 14.0. The van der Waals surface area contributed by atoms with Crippen molar-refractivity contribution in [1.29, 1.82) is 0 Å². The first kappa shape index (κ1) is 17.2. The normalized spacial score (nSPS) is 12.2. The van der Waals surface area contributed by atoms with E-state index in [-0.39, 0.29) is 12.5 Å². The number of rotatable bonds is 5. The smallest absolute Gasteiger partial charge is 0.268 e. The monoisotopic (exact) mass is 382 g/mol. The Morgan fingerprint density at radius 2 is 2.11 bits per heavy atom. The number of H-pyrrole nitrogens is 2. The van der Waals surface area contributed by atoms with Crippen LogP contribution in [0, 0.1) is 0 Å². The molecule has 1 aromatic carbocycles. The largest absolute Gasteiger partial charge is 0.394 e. The number of aromatic amines is 2. The Hall–Kier alpha value is -3.23. The van der Waals surface area contributed by atoms with Gasteiger partial charge in [0.05, 0.1) is 19.0 Å². The molecule has 3 heterocycles. The van der Waals surface area contributed by atoms with Crippen LogP contribution in [0.1, 0.15) is 22.1 Å². The molecule has 0 saturated carbocycles. The average molecular weight is 383 g/mol. The summed E-state index contributed by atoms with van der Waals surface area (Å²) in [5.41, 5.74) is 3.67. The van der Waals surface area contributed by atoms with Crippen LogP contribution in [0.4, 0.5) is 0 Å². The summed E-state index contributed by atoms with van der Waals surface area (Å²) in [6, 6.07) is 8.12. The van der Waals surface area contributed by atoms with E-state index in [9.17, 15) is 9.90 Å².